The van der Waals surface area contributed by atoms with Gasteiger partial charge in [-0.05, 0) is 29.1 Å². The van der Waals surface area contributed by atoms with E-state index in [0.717, 1.165) is 0 Å². The molecule has 0 aliphatic rings. The van der Waals surface area contributed by atoms with Crippen molar-refractivity contribution < 1.29 is 14.2 Å². The number of rotatable bonds is 5. The summed E-state index contributed by atoms with van der Waals surface area (Å²) in [5.41, 5.74) is 6.39. The number of aliphatic hydroxyl groups is 1. The second kappa shape index (κ2) is 6.54. The third-order valence-electron chi connectivity index (χ3n) is 3.14. The summed E-state index contributed by atoms with van der Waals surface area (Å²) in [6, 6.07) is 5.86. The van der Waals surface area contributed by atoms with Gasteiger partial charge in [-0.15, -0.1) is 11.3 Å². The van der Waals surface area contributed by atoms with E-state index in [-0.39, 0.29) is 11.6 Å². The van der Waals surface area contributed by atoms with Crippen molar-refractivity contribution in [1.82, 2.24) is 0 Å². The number of benzene rings is 1. The molecule has 0 saturated carbocycles. The largest absolute Gasteiger partial charge is 0.495 e. The number of hydrogen-bond donors (Lipinski definition) is 2. The van der Waals surface area contributed by atoms with Gasteiger partial charge in [0.1, 0.15) is 11.6 Å². The van der Waals surface area contributed by atoms with Gasteiger partial charge < -0.3 is 15.6 Å². The Morgan fingerprint density at radius 1 is 1.45 bits per heavy atom. The average molecular weight is 316 g/mol. The number of ether oxygens (including phenoxy) is 1. The van der Waals surface area contributed by atoms with Crippen molar-refractivity contribution in [3.05, 3.63) is 50.9 Å². The molecule has 1 aromatic carbocycles. The van der Waals surface area contributed by atoms with Gasteiger partial charge in [0.05, 0.1) is 18.1 Å². The van der Waals surface area contributed by atoms with Crippen molar-refractivity contribution in [3.63, 3.8) is 0 Å². The first-order valence-corrected chi connectivity index (χ1v) is 7.28. The summed E-state index contributed by atoms with van der Waals surface area (Å²) in [6.45, 7) is 0.188. The van der Waals surface area contributed by atoms with E-state index in [9.17, 15) is 9.50 Å². The predicted octanol–water partition coefficient (Wildman–Crippen LogP) is 3.33. The van der Waals surface area contributed by atoms with Crippen LogP contribution >= 0.6 is 22.9 Å². The van der Waals surface area contributed by atoms with E-state index >= 15 is 0 Å². The fraction of sp³-hybridized carbons (Fsp3) is 0.286. The quantitative estimate of drug-likeness (QED) is 0.890. The van der Waals surface area contributed by atoms with Crippen LogP contribution in [-0.4, -0.2) is 18.8 Å². The maximum absolute atomic E-state index is 13.1. The third-order valence-corrected chi connectivity index (χ3v) is 4.44. The highest BCUT2D eigenvalue weighted by Crippen LogP contribution is 2.40. The second-order valence-electron chi connectivity index (χ2n) is 4.31. The van der Waals surface area contributed by atoms with Crippen molar-refractivity contribution >= 4 is 22.9 Å². The summed E-state index contributed by atoms with van der Waals surface area (Å²) in [5.74, 6) is -0.229. The molecule has 0 amide bonds. The van der Waals surface area contributed by atoms with E-state index in [4.69, 9.17) is 22.1 Å². The fourth-order valence-electron chi connectivity index (χ4n) is 2.10. The number of methoxy groups -OCH3 is 1. The molecule has 20 heavy (non-hydrogen) atoms. The lowest BCUT2D eigenvalue weighted by molar-refractivity contribution is 0.148. The van der Waals surface area contributed by atoms with Crippen LogP contribution in [0.1, 0.15) is 22.5 Å². The van der Waals surface area contributed by atoms with E-state index in [2.05, 4.69) is 0 Å². The van der Waals surface area contributed by atoms with Crippen LogP contribution in [0.5, 0.6) is 5.75 Å². The predicted molar refractivity (Wildman–Crippen MR) is 79.0 cm³/mol. The molecular formula is C14H15ClFNO2S. The highest BCUT2D eigenvalue weighted by molar-refractivity contribution is 7.10. The maximum atomic E-state index is 13.1. The molecule has 0 fully saturated rings. The Bertz CT molecular complexity index is 590. The minimum atomic E-state index is -0.849. The molecule has 2 atom stereocenters. The first kappa shape index (κ1) is 15.3. The van der Waals surface area contributed by atoms with E-state index < -0.39 is 17.8 Å². The molecular weight excluding hydrogens is 301 g/mol. The van der Waals surface area contributed by atoms with Gasteiger partial charge in [-0.3, -0.25) is 0 Å². The summed E-state index contributed by atoms with van der Waals surface area (Å²) >= 11 is 7.43. The Labute approximate surface area is 125 Å². The van der Waals surface area contributed by atoms with E-state index in [0.29, 0.717) is 16.2 Å². The molecule has 2 rings (SSSR count). The average Bonchev–Trinajstić information content (AvgIpc) is 2.90. The number of aliphatic hydroxyl groups excluding tert-OH is 1. The van der Waals surface area contributed by atoms with Crippen LogP contribution in [0.2, 0.25) is 5.02 Å². The molecule has 0 aliphatic carbocycles. The van der Waals surface area contributed by atoms with Gasteiger partial charge in [0.25, 0.3) is 0 Å². The van der Waals surface area contributed by atoms with Gasteiger partial charge in [0.2, 0.25) is 0 Å². The summed E-state index contributed by atoms with van der Waals surface area (Å²) in [5, 5.41) is 12.6. The van der Waals surface area contributed by atoms with Gasteiger partial charge in [-0.2, -0.15) is 0 Å². The normalized spacial score (nSPS) is 14.1. The zero-order chi connectivity index (χ0) is 14.7. The summed E-state index contributed by atoms with van der Waals surface area (Å²) < 4.78 is 18.3. The molecule has 0 spiro atoms. The topological polar surface area (TPSA) is 55.5 Å². The Hall–Kier alpha value is -1.14. The third kappa shape index (κ3) is 2.96. The lowest BCUT2D eigenvalue weighted by Crippen LogP contribution is -2.20. The lowest BCUT2D eigenvalue weighted by atomic mass is 9.92. The Morgan fingerprint density at radius 2 is 2.20 bits per heavy atom. The van der Waals surface area contributed by atoms with Gasteiger partial charge >= 0.3 is 0 Å². The molecule has 2 aromatic rings. The molecule has 3 N–H and O–H groups in total. The van der Waals surface area contributed by atoms with Crippen molar-refractivity contribution in [2.45, 2.75) is 12.0 Å². The number of halogens is 2. The lowest BCUT2D eigenvalue weighted by Gasteiger charge is -2.22. The Kier molecular flexibility index (Phi) is 4.99. The standard InChI is InChI=1S/C14H15ClFNO2S/c1-19-12-4-5-20-14(12)13(18)10(7-17)9-3-2-8(16)6-11(9)15/h2-6,10,13,18H,7,17H2,1H3. The summed E-state index contributed by atoms with van der Waals surface area (Å²) in [7, 11) is 1.54. The van der Waals surface area contributed by atoms with E-state index in [1.54, 1.807) is 19.2 Å². The second-order valence-corrected chi connectivity index (χ2v) is 5.66. The van der Waals surface area contributed by atoms with Crippen molar-refractivity contribution in [1.29, 1.82) is 0 Å². The SMILES string of the molecule is COc1ccsc1C(O)C(CN)c1ccc(F)cc1Cl. The Morgan fingerprint density at radius 3 is 2.80 bits per heavy atom. The van der Waals surface area contributed by atoms with Gasteiger partial charge in [-0.1, -0.05) is 17.7 Å². The molecule has 0 aliphatic heterocycles. The first-order valence-electron chi connectivity index (χ1n) is 6.03. The smallest absolute Gasteiger partial charge is 0.135 e. The molecule has 1 aromatic heterocycles. The molecule has 3 nitrogen and oxygen atoms in total. The van der Waals surface area contributed by atoms with Crippen LogP contribution in [0, 0.1) is 5.82 Å². The van der Waals surface area contributed by atoms with Crippen LogP contribution in [0.3, 0.4) is 0 Å². The number of nitrogens with two attached hydrogens (primary N) is 1. The molecule has 2 unspecified atom stereocenters. The molecule has 0 bridgehead atoms. The zero-order valence-corrected chi connectivity index (χ0v) is 12.4. The maximum Gasteiger partial charge on any atom is 0.135 e. The van der Waals surface area contributed by atoms with Crippen LogP contribution in [0.4, 0.5) is 4.39 Å². The fourth-order valence-corrected chi connectivity index (χ4v) is 3.32. The number of thiophene rings is 1. The van der Waals surface area contributed by atoms with Crippen LogP contribution in [0.15, 0.2) is 29.6 Å². The summed E-state index contributed by atoms with van der Waals surface area (Å²) in [4.78, 5) is 0.684. The molecule has 0 radical (unpaired) electrons. The number of hydrogen-bond acceptors (Lipinski definition) is 4. The van der Waals surface area contributed by atoms with Crippen molar-refractivity contribution in [2.24, 2.45) is 5.73 Å². The first-order chi connectivity index (χ1) is 9.58. The minimum absolute atomic E-state index is 0.188. The van der Waals surface area contributed by atoms with Gasteiger partial charge in [0, 0.05) is 17.5 Å². The molecule has 108 valence electrons. The van der Waals surface area contributed by atoms with E-state index in [1.165, 1.54) is 23.5 Å². The van der Waals surface area contributed by atoms with Crippen LogP contribution < -0.4 is 10.5 Å². The van der Waals surface area contributed by atoms with Crippen molar-refractivity contribution in [2.75, 3.05) is 13.7 Å². The molecule has 1 heterocycles. The van der Waals surface area contributed by atoms with Crippen LogP contribution in [0.25, 0.3) is 0 Å². The van der Waals surface area contributed by atoms with Crippen LogP contribution in [-0.2, 0) is 0 Å². The molecule has 6 heteroatoms. The van der Waals surface area contributed by atoms with Gasteiger partial charge in [0.15, 0.2) is 0 Å². The summed E-state index contributed by atoms with van der Waals surface area (Å²) in [6.07, 6.45) is -0.849. The highest BCUT2D eigenvalue weighted by atomic mass is 35.5. The highest BCUT2D eigenvalue weighted by Gasteiger charge is 2.27. The zero-order valence-electron chi connectivity index (χ0n) is 10.8. The molecule has 0 saturated heterocycles. The monoisotopic (exact) mass is 315 g/mol. The van der Waals surface area contributed by atoms with E-state index in [1.807, 2.05) is 5.38 Å². The minimum Gasteiger partial charge on any atom is -0.495 e. The van der Waals surface area contributed by atoms with Gasteiger partial charge in [-0.25, -0.2) is 4.39 Å². The van der Waals surface area contributed by atoms with Crippen molar-refractivity contribution in [3.8, 4) is 5.75 Å². The Balaban J connectivity index is 2.36.